The molecule has 0 bridgehead atoms. The number of rotatable bonds is 4. The molecule has 2 rings (SSSR count). The molecule has 0 aromatic heterocycles. The Morgan fingerprint density at radius 2 is 1.64 bits per heavy atom. The molecular formula is C19H27NOSi. The summed E-state index contributed by atoms with van der Waals surface area (Å²) in [5.41, 5.74) is 5.66. The van der Waals surface area contributed by atoms with Gasteiger partial charge >= 0.3 is 0 Å². The molecule has 1 unspecified atom stereocenters. The average molecular weight is 314 g/mol. The molecule has 1 amide bonds. The number of hydrogen-bond acceptors (Lipinski definition) is 1. The van der Waals surface area contributed by atoms with E-state index in [9.17, 15) is 4.79 Å². The van der Waals surface area contributed by atoms with Crippen LogP contribution in [0.25, 0.3) is 5.57 Å². The van der Waals surface area contributed by atoms with E-state index in [-0.39, 0.29) is 11.9 Å². The van der Waals surface area contributed by atoms with Crippen molar-refractivity contribution in [3.8, 4) is 0 Å². The predicted octanol–water partition coefficient (Wildman–Crippen LogP) is 4.72. The van der Waals surface area contributed by atoms with Crippen LogP contribution in [-0.2, 0) is 4.79 Å². The van der Waals surface area contributed by atoms with E-state index in [0.29, 0.717) is 5.92 Å². The first kappa shape index (κ1) is 16.8. The van der Waals surface area contributed by atoms with Crippen molar-refractivity contribution >= 4 is 19.6 Å². The fraction of sp³-hybridized carbons (Fsp3) is 0.421. The van der Waals surface area contributed by atoms with Crippen molar-refractivity contribution in [3.05, 3.63) is 53.4 Å². The SMILES string of the molecule is CC(C)C(C)N1C(=O)C=C(c2ccccc2)/C1=C/[Si](C)(C)C. The zero-order valence-electron chi connectivity index (χ0n) is 14.6. The molecular weight excluding hydrogens is 286 g/mol. The summed E-state index contributed by atoms with van der Waals surface area (Å²) < 4.78 is 0. The monoisotopic (exact) mass is 313 g/mol. The van der Waals surface area contributed by atoms with E-state index in [1.807, 2.05) is 23.1 Å². The van der Waals surface area contributed by atoms with Crippen molar-refractivity contribution in [2.45, 2.75) is 46.5 Å². The molecule has 118 valence electrons. The highest BCUT2D eigenvalue weighted by molar-refractivity contribution is 6.81. The van der Waals surface area contributed by atoms with Crippen LogP contribution in [0, 0.1) is 5.92 Å². The molecule has 0 saturated heterocycles. The number of hydrogen-bond donors (Lipinski definition) is 0. The third-order valence-corrected chi connectivity index (χ3v) is 5.21. The zero-order valence-corrected chi connectivity index (χ0v) is 15.6. The molecule has 2 nitrogen and oxygen atoms in total. The summed E-state index contributed by atoms with van der Waals surface area (Å²) in [6.07, 6.45) is 1.81. The largest absolute Gasteiger partial charge is 0.306 e. The minimum Gasteiger partial charge on any atom is -0.306 e. The van der Waals surface area contributed by atoms with Gasteiger partial charge in [0.2, 0.25) is 0 Å². The second-order valence-corrected chi connectivity index (χ2v) is 12.5. The van der Waals surface area contributed by atoms with Gasteiger partial charge in [-0.25, -0.2) is 0 Å². The molecule has 0 fully saturated rings. The third kappa shape index (κ3) is 3.58. The molecule has 22 heavy (non-hydrogen) atoms. The van der Waals surface area contributed by atoms with Crippen LogP contribution in [-0.4, -0.2) is 24.9 Å². The topological polar surface area (TPSA) is 20.3 Å². The molecule has 1 heterocycles. The summed E-state index contributed by atoms with van der Waals surface area (Å²) in [6.45, 7) is 13.4. The normalized spacial score (nSPS) is 19.0. The van der Waals surface area contributed by atoms with E-state index >= 15 is 0 Å². The van der Waals surface area contributed by atoms with E-state index in [0.717, 1.165) is 16.8 Å². The van der Waals surface area contributed by atoms with Gasteiger partial charge in [-0.2, -0.15) is 0 Å². The zero-order chi connectivity index (χ0) is 16.5. The van der Waals surface area contributed by atoms with Crippen LogP contribution in [0.2, 0.25) is 19.6 Å². The maximum Gasteiger partial charge on any atom is 0.251 e. The summed E-state index contributed by atoms with van der Waals surface area (Å²) in [6, 6.07) is 10.4. The second kappa shape index (κ2) is 6.25. The minimum atomic E-state index is -1.45. The van der Waals surface area contributed by atoms with Gasteiger partial charge in [-0.3, -0.25) is 4.79 Å². The van der Waals surface area contributed by atoms with Gasteiger partial charge in [-0.15, -0.1) is 0 Å². The van der Waals surface area contributed by atoms with Crippen molar-refractivity contribution in [2.24, 2.45) is 5.92 Å². The Bertz CT molecular complexity index is 608. The Kier molecular flexibility index (Phi) is 4.76. The van der Waals surface area contributed by atoms with Gasteiger partial charge in [0, 0.05) is 23.4 Å². The van der Waals surface area contributed by atoms with Crippen LogP contribution in [0.4, 0.5) is 0 Å². The minimum absolute atomic E-state index is 0.115. The van der Waals surface area contributed by atoms with E-state index in [2.05, 4.69) is 58.2 Å². The van der Waals surface area contributed by atoms with Gasteiger partial charge in [0.25, 0.3) is 5.91 Å². The van der Waals surface area contributed by atoms with Crippen LogP contribution in [0.1, 0.15) is 26.3 Å². The lowest BCUT2D eigenvalue weighted by molar-refractivity contribution is -0.125. The molecule has 1 aromatic rings. The van der Waals surface area contributed by atoms with Gasteiger partial charge in [0.05, 0.1) is 8.07 Å². The molecule has 1 aliphatic heterocycles. The van der Waals surface area contributed by atoms with E-state index in [1.165, 1.54) is 0 Å². The fourth-order valence-corrected chi connectivity index (χ4v) is 3.75. The highest BCUT2D eigenvalue weighted by Gasteiger charge is 2.34. The van der Waals surface area contributed by atoms with Gasteiger partial charge in [-0.05, 0) is 18.4 Å². The number of nitrogens with zero attached hydrogens (tertiary/aromatic N) is 1. The van der Waals surface area contributed by atoms with Crippen molar-refractivity contribution < 1.29 is 4.79 Å². The number of amides is 1. The molecule has 0 N–H and O–H groups in total. The first-order valence-corrected chi connectivity index (χ1v) is 11.6. The smallest absolute Gasteiger partial charge is 0.251 e. The lowest BCUT2D eigenvalue weighted by Crippen LogP contribution is -2.38. The Hall–Kier alpha value is -1.61. The summed E-state index contributed by atoms with van der Waals surface area (Å²) in [5.74, 6) is 0.544. The number of carbonyl (C=O) groups is 1. The van der Waals surface area contributed by atoms with E-state index in [1.54, 1.807) is 6.08 Å². The predicted molar refractivity (Wildman–Crippen MR) is 97.0 cm³/mol. The van der Waals surface area contributed by atoms with E-state index < -0.39 is 8.07 Å². The molecule has 1 aromatic carbocycles. The quantitative estimate of drug-likeness (QED) is 0.737. The van der Waals surface area contributed by atoms with Crippen LogP contribution in [0.15, 0.2) is 47.8 Å². The fourth-order valence-electron chi connectivity index (χ4n) is 2.64. The molecule has 1 atom stereocenters. The van der Waals surface area contributed by atoms with Gasteiger partial charge < -0.3 is 4.90 Å². The molecule has 0 aliphatic carbocycles. The molecule has 0 radical (unpaired) electrons. The molecule has 3 heteroatoms. The summed E-state index contributed by atoms with van der Waals surface area (Å²) >= 11 is 0. The van der Waals surface area contributed by atoms with Gasteiger partial charge in [0.1, 0.15) is 0 Å². The lowest BCUT2D eigenvalue weighted by Gasteiger charge is -2.31. The van der Waals surface area contributed by atoms with Crippen LogP contribution in [0.5, 0.6) is 0 Å². The summed E-state index contributed by atoms with van der Waals surface area (Å²) in [7, 11) is -1.45. The number of benzene rings is 1. The Morgan fingerprint density at radius 3 is 2.14 bits per heavy atom. The van der Waals surface area contributed by atoms with Crippen molar-refractivity contribution in [2.75, 3.05) is 0 Å². The lowest BCUT2D eigenvalue weighted by atomic mass is 10.0. The maximum atomic E-state index is 12.6. The molecule has 0 saturated carbocycles. The van der Waals surface area contributed by atoms with Crippen LogP contribution < -0.4 is 0 Å². The van der Waals surface area contributed by atoms with Crippen molar-refractivity contribution in [3.63, 3.8) is 0 Å². The van der Waals surface area contributed by atoms with Crippen LogP contribution >= 0.6 is 0 Å². The first-order chi connectivity index (χ1) is 10.2. The van der Waals surface area contributed by atoms with Crippen molar-refractivity contribution in [1.29, 1.82) is 0 Å². The highest BCUT2D eigenvalue weighted by atomic mass is 28.3. The van der Waals surface area contributed by atoms with Crippen molar-refractivity contribution in [1.82, 2.24) is 4.90 Å². The summed E-state index contributed by atoms with van der Waals surface area (Å²) in [5, 5.41) is 0. The third-order valence-electron chi connectivity index (χ3n) is 4.07. The van der Waals surface area contributed by atoms with Gasteiger partial charge in [-0.1, -0.05) is 69.5 Å². The Morgan fingerprint density at radius 1 is 1.05 bits per heavy atom. The standard InChI is InChI=1S/C19H27NOSi/c1-14(2)15(3)20-18(13-22(4,5)6)17(12-19(20)21)16-10-8-7-9-11-16/h7-15H,1-6H3/b18-13-. The number of allylic oxidation sites excluding steroid dienone is 1. The molecule has 0 spiro atoms. The highest BCUT2D eigenvalue weighted by Crippen LogP contribution is 2.35. The number of carbonyl (C=O) groups excluding carboxylic acids is 1. The Labute approximate surface area is 135 Å². The first-order valence-electron chi connectivity index (χ1n) is 8.04. The van der Waals surface area contributed by atoms with Gasteiger partial charge in [0.15, 0.2) is 0 Å². The second-order valence-electron chi connectivity index (χ2n) is 7.51. The molecule has 1 aliphatic rings. The van der Waals surface area contributed by atoms with Crippen LogP contribution in [0.3, 0.4) is 0 Å². The van der Waals surface area contributed by atoms with E-state index in [4.69, 9.17) is 0 Å². The Balaban J connectivity index is 2.53. The maximum absolute atomic E-state index is 12.6. The summed E-state index contributed by atoms with van der Waals surface area (Å²) in [4.78, 5) is 14.6. The average Bonchev–Trinajstić information content (AvgIpc) is 2.73.